The van der Waals surface area contributed by atoms with E-state index in [4.69, 9.17) is 50.5 Å². The fourth-order valence-electron chi connectivity index (χ4n) is 18.7. The first-order chi connectivity index (χ1) is 60.7. The van der Waals surface area contributed by atoms with Crippen LogP contribution in [0.1, 0.15) is 148 Å². The predicted molar refractivity (Wildman–Crippen MR) is 456 cm³/mol. The van der Waals surface area contributed by atoms with Gasteiger partial charge in [-0.2, -0.15) is 0 Å². The Morgan fingerprint density at radius 3 is 1.98 bits per heavy atom. The number of sulfonamides is 1. The van der Waals surface area contributed by atoms with Crippen LogP contribution in [0.4, 0.5) is 10.5 Å². The van der Waals surface area contributed by atoms with Crippen molar-refractivity contribution in [1.29, 1.82) is 0 Å². The number of aliphatic hydroxyl groups is 6. The molecular formula is C88H107ClN12O26S. The van der Waals surface area contributed by atoms with Crippen LogP contribution < -0.4 is 82.6 Å². The number of benzene rings is 6. The van der Waals surface area contributed by atoms with Crippen LogP contribution in [0.3, 0.4) is 0 Å². The van der Waals surface area contributed by atoms with Gasteiger partial charge in [-0.1, -0.05) is 43.6 Å². The van der Waals surface area contributed by atoms with Crippen LogP contribution in [-0.4, -0.2) is 221 Å². The van der Waals surface area contributed by atoms with E-state index >= 15 is 28.8 Å². The topological polar surface area (TPSA) is 573 Å². The number of aromatic hydroxyl groups is 2. The molecule has 0 radical (unpaired) electrons. The van der Waals surface area contributed by atoms with Gasteiger partial charge in [-0.25, -0.2) is 17.9 Å². The van der Waals surface area contributed by atoms with Crippen molar-refractivity contribution in [3.05, 3.63) is 147 Å². The third-order valence-corrected chi connectivity index (χ3v) is 25.9. The van der Waals surface area contributed by atoms with Gasteiger partial charge in [0.2, 0.25) is 69.3 Å². The number of aryl methyl sites for hydroxylation is 2. The average Bonchev–Trinajstić information content (AvgIpc) is 0.759. The number of likely N-dealkylation sites (N-methyl/N-ethyl adjacent to an activating group) is 1. The normalized spacial score (nSPS) is 30.0. The highest BCUT2D eigenvalue weighted by molar-refractivity contribution is 7.88. The summed E-state index contributed by atoms with van der Waals surface area (Å²) >= 11 is 7.32. The molecular weight excluding hydrogens is 1710 g/mol. The van der Waals surface area contributed by atoms with Crippen molar-refractivity contribution in [2.45, 2.75) is 208 Å². The predicted octanol–water partition coefficient (Wildman–Crippen LogP) is 3.01. The first-order valence-corrected chi connectivity index (χ1v) is 44.6. The number of phenols is 2. The van der Waals surface area contributed by atoms with Crippen molar-refractivity contribution in [3.8, 4) is 57.1 Å². The largest absolute Gasteiger partial charge is 0.508 e. The van der Waals surface area contributed by atoms with Gasteiger partial charge in [-0.05, 0) is 232 Å². The standard InChI is InChI=1S/C88H107ClN12O26S/c1-37(2)21-55(91-7)79(111)100-70-72(106)44-10-17-58(38(3)22-44)123-60-31-48-32-61(76(60)127-86-77(75(109)74(108)62(36-102)125-86)126-64-35-88(6,90)78(110)40(5)122-64)124-59-18-11-45(30-54(59)89)73(107)71-85(117)99-69(83(115)96-66-46-25-41-24-42(27-46)28-47(66)26-41)53-33-50(103)23-39(4)65(53)52-29-43(9-16-57(52)104)67(81(113)101-71)98-82(114)68(48)97-80(112)56(94-84(70)116)34-63(105)95-87(118)93-49-12-14-51(15-13-49)121-20-19-92-128(8,119)120/h9-18,22-23,29-33,37,40-42,46-47,55-56,62,64,66-75,77-78,86,91-92,102-104,106-110H,19-21,24-28,34-36,90H2,1-8H3,(H,94,116)(H,96,115)(H,97,112)(H,98,114)(H,99,117)(H,100,111)(H,101,113)(H2,93,95,105,118)/t40-,41?,42?,46?,47?,55+,56-,62+,64-,66?,67+,68+,69-,70+,71-,72+,73+,74+,75-,77+,78+,86-,88-/m0/s1. The number of nitrogens with one attached hydrogen (secondary N) is 11. The van der Waals surface area contributed by atoms with Crippen molar-refractivity contribution in [3.63, 3.8) is 0 Å². The first kappa shape index (κ1) is 93.3. The highest BCUT2D eigenvalue weighted by atomic mass is 35.5. The van der Waals surface area contributed by atoms with E-state index in [9.17, 15) is 63.7 Å². The Morgan fingerprint density at radius 2 is 1.34 bits per heavy atom. The van der Waals surface area contributed by atoms with E-state index in [-0.39, 0.29) is 128 Å². The Balaban J connectivity index is 0.943. The van der Waals surface area contributed by atoms with E-state index in [2.05, 4.69) is 57.9 Å². The summed E-state index contributed by atoms with van der Waals surface area (Å²) in [6.07, 6.45) is -13.2. The van der Waals surface area contributed by atoms with E-state index in [1.807, 2.05) is 13.8 Å². The number of amides is 10. The maximum absolute atomic E-state index is 16.7. The molecule has 2 saturated heterocycles. The zero-order chi connectivity index (χ0) is 92.0. The van der Waals surface area contributed by atoms with Crippen LogP contribution in [0.25, 0.3) is 11.1 Å². The lowest BCUT2D eigenvalue weighted by Gasteiger charge is -2.54. The molecule has 38 nitrogen and oxygen atoms in total. The van der Waals surface area contributed by atoms with E-state index in [1.54, 1.807) is 6.92 Å². The van der Waals surface area contributed by atoms with Gasteiger partial charge in [0.05, 0.1) is 42.6 Å². The summed E-state index contributed by atoms with van der Waals surface area (Å²) in [5, 5.41) is 121. The van der Waals surface area contributed by atoms with E-state index < -0.39 is 214 Å². The third-order valence-electron chi connectivity index (χ3n) is 24.9. The lowest BCUT2D eigenvalue weighted by atomic mass is 9.54. The first-order valence-electron chi connectivity index (χ1n) is 42.3. The maximum Gasteiger partial charge on any atom is 0.325 e. The van der Waals surface area contributed by atoms with E-state index in [0.29, 0.717) is 11.8 Å². The summed E-state index contributed by atoms with van der Waals surface area (Å²) in [6, 6.07) is 6.15. The minimum atomic E-state index is -3.54. The summed E-state index contributed by atoms with van der Waals surface area (Å²) in [7, 11) is -2.06. The number of halogens is 1. The van der Waals surface area contributed by atoms with Crippen LogP contribution in [0.5, 0.6) is 46.0 Å². The number of hydrogen-bond donors (Lipinski definition) is 20. The average molecular weight is 1820 g/mol. The molecule has 15 bridgehead atoms. The molecule has 0 aromatic heterocycles. The van der Waals surface area contributed by atoms with Gasteiger partial charge in [0.1, 0.15) is 102 Å². The molecule has 6 fully saturated rings. The SMILES string of the molecule is CN[C@H](CC(C)C)C(=O)N[C@H]1C(=O)N[C@@H](CC(=O)NC(=O)Nc2ccc(OCCNS(C)(=O)=O)cc2)C(=O)N[C@H]2C(=O)N[C@H]3C(=O)N[C@H](C(=O)N[C@H](C(=O)NC4C5CC6CC(C5)CC4C6)c4cc(O)cc(C)c4-c4cc3ccc4O)[C@H](O)c3ccc(c(Cl)c3)Oc3cc2cc(c3O[C@@H]2O[C@H](CO)[C@@H](O)[C@H](O)[C@H]2O[C@H]2C[C@](C)(N)[C@H](O)[C@H](C)O2)Oc2ccc(cc2C)[C@H]1O. The molecule has 6 aromatic carbocycles. The minimum Gasteiger partial charge on any atom is -0.508 e. The van der Waals surface area contributed by atoms with Gasteiger partial charge < -0.3 is 128 Å². The molecule has 10 amide bonds. The molecule has 17 rings (SSSR count). The second kappa shape index (κ2) is 38.4. The van der Waals surface area contributed by atoms with E-state index in [1.165, 1.54) is 113 Å². The molecule has 18 atom stereocenters. The van der Waals surface area contributed by atoms with Crippen LogP contribution in [0, 0.1) is 43.4 Å². The second-order valence-electron chi connectivity index (χ2n) is 35.0. The van der Waals surface area contributed by atoms with Crippen LogP contribution in [0.2, 0.25) is 5.02 Å². The molecule has 7 aliphatic heterocycles. The highest BCUT2D eigenvalue weighted by Gasteiger charge is 2.53. The summed E-state index contributed by atoms with van der Waals surface area (Å²) in [6.45, 7) is 8.61. The number of rotatable bonds is 20. The van der Waals surface area contributed by atoms with Crippen LogP contribution in [-0.2, 0) is 62.6 Å². The maximum atomic E-state index is 16.7. The molecule has 7 heterocycles. The lowest BCUT2D eigenvalue weighted by Crippen LogP contribution is -2.64. The number of phenolic OH excluding ortho intramolecular Hbond substituents is 2. The van der Waals surface area contributed by atoms with Crippen molar-refractivity contribution in [2.75, 3.05) is 38.4 Å². The Labute approximate surface area is 741 Å². The van der Waals surface area contributed by atoms with E-state index in [0.717, 1.165) is 56.6 Å². The Bertz CT molecular complexity index is 5350. The summed E-state index contributed by atoms with van der Waals surface area (Å²) in [4.78, 5) is 139. The summed E-state index contributed by atoms with van der Waals surface area (Å²) < 4.78 is 70.5. The fraction of sp³-hybridized carbons (Fsp3) is 0.489. The van der Waals surface area contributed by atoms with Crippen LogP contribution >= 0.6 is 11.6 Å². The zero-order valence-electron chi connectivity index (χ0n) is 71.2. The highest BCUT2D eigenvalue weighted by Crippen LogP contribution is 2.55. The number of urea groups is 1. The van der Waals surface area contributed by atoms with Crippen LogP contribution in [0.15, 0.2) is 103 Å². The number of carbonyl (C=O) groups is 9. The fourth-order valence-corrected chi connectivity index (χ4v) is 19.4. The lowest BCUT2D eigenvalue weighted by molar-refractivity contribution is -0.333. The zero-order valence-corrected chi connectivity index (χ0v) is 72.7. The quantitative estimate of drug-likeness (QED) is 0.0488. The number of hydrogen-bond acceptors (Lipinski definition) is 28. The molecule has 0 unspecified atom stereocenters. The molecule has 40 heteroatoms. The Morgan fingerprint density at radius 1 is 0.695 bits per heavy atom. The number of aliphatic hydroxyl groups excluding tert-OH is 6. The Hall–Kier alpha value is -10.9. The molecule has 21 N–H and O–H groups in total. The second-order valence-corrected chi connectivity index (χ2v) is 37.3. The molecule has 6 aromatic rings. The Kier molecular flexibility index (Phi) is 28.0. The smallest absolute Gasteiger partial charge is 0.325 e. The van der Waals surface area contributed by atoms with Gasteiger partial charge in [-0.15, -0.1) is 0 Å². The monoisotopic (exact) mass is 1810 g/mol. The molecule has 4 aliphatic carbocycles. The molecule has 11 aliphatic rings. The number of ether oxygens (including phenoxy) is 7. The van der Waals surface area contributed by atoms with Crippen molar-refractivity contribution >= 4 is 80.6 Å². The molecule has 128 heavy (non-hydrogen) atoms. The minimum absolute atomic E-state index is 0.0578. The number of carbonyl (C=O) groups excluding carboxylic acids is 9. The van der Waals surface area contributed by atoms with Crippen molar-refractivity contribution < 1.29 is 126 Å². The van der Waals surface area contributed by atoms with Gasteiger partial charge in [0.25, 0.3) is 0 Å². The summed E-state index contributed by atoms with van der Waals surface area (Å²) in [5.41, 5.74) is 4.58. The number of nitrogens with two attached hydrogens (primary N) is 1. The van der Waals surface area contributed by atoms with Gasteiger partial charge >= 0.3 is 6.03 Å². The van der Waals surface area contributed by atoms with Crippen molar-refractivity contribution in [2.24, 2.45) is 35.3 Å². The van der Waals surface area contributed by atoms with Crippen molar-refractivity contribution in [1.82, 2.24) is 52.6 Å². The molecule has 688 valence electrons. The number of fused-ring (bicyclic) bond motifs is 15. The molecule has 0 spiro atoms. The number of anilines is 1. The molecule has 4 saturated carbocycles. The summed E-state index contributed by atoms with van der Waals surface area (Å²) in [5.74, 6) is -11.5. The van der Waals surface area contributed by atoms with Gasteiger partial charge in [-0.3, -0.25) is 43.7 Å². The van der Waals surface area contributed by atoms with Gasteiger partial charge in [0, 0.05) is 35.8 Å². The third kappa shape index (κ3) is 20.7. The number of imide groups is 1. The van der Waals surface area contributed by atoms with Gasteiger partial charge in [0.15, 0.2) is 23.9 Å².